The van der Waals surface area contributed by atoms with Crippen LogP contribution in [0.4, 0.5) is 14.5 Å². The van der Waals surface area contributed by atoms with Crippen LogP contribution in [0.5, 0.6) is 0 Å². The summed E-state index contributed by atoms with van der Waals surface area (Å²) in [5.41, 5.74) is 2.45. The number of anilines is 1. The quantitative estimate of drug-likeness (QED) is 0.803. The van der Waals surface area contributed by atoms with Crippen molar-refractivity contribution < 1.29 is 18.4 Å². The van der Waals surface area contributed by atoms with Gasteiger partial charge in [-0.1, -0.05) is 24.3 Å². The second kappa shape index (κ2) is 7.34. The predicted molar refractivity (Wildman–Crippen MR) is 102 cm³/mol. The third kappa shape index (κ3) is 3.39. The largest absolute Gasteiger partial charge is 0.335 e. The average molecular weight is 384 g/mol. The van der Waals surface area contributed by atoms with Crippen molar-refractivity contribution in [2.24, 2.45) is 5.92 Å². The molecule has 0 radical (unpaired) electrons. The van der Waals surface area contributed by atoms with E-state index in [1.807, 2.05) is 36.1 Å². The van der Waals surface area contributed by atoms with E-state index in [1.165, 1.54) is 4.90 Å². The Labute approximate surface area is 162 Å². The zero-order chi connectivity index (χ0) is 19.8. The summed E-state index contributed by atoms with van der Waals surface area (Å²) in [6, 6.07) is 11.1. The lowest BCUT2D eigenvalue weighted by Gasteiger charge is -2.28. The Morgan fingerprint density at radius 3 is 2.54 bits per heavy atom. The fourth-order valence-electron chi connectivity index (χ4n) is 4.37. The van der Waals surface area contributed by atoms with Gasteiger partial charge in [0, 0.05) is 31.3 Å². The molecule has 2 saturated heterocycles. The maximum atomic E-state index is 13.5. The van der Waals surface area contributed by atoms with E-state index >= 15 is 0 Å². The van der Waals surface area contributed by atoms with Crippen LogP contribution in [-0.4, -0.2) is 29.8 Å². The third-order valence-corrected chi connectivity index (χ3v) is 5.72. The maximum Gasteiger partial charge on any atom is 0.228 e. The summed E-state index contributed by atoms with van der Waals surface area (Å²) < 4.78 is 27.1. The van der Waals surface area contributed by atoms with Crippen LogP contribution in [0.25, 0.3) is 0 Å². The minimum Gasteiger partial charge on any atom is -0.335 e. The standard InChI is InChI=1S/C22H22F2N2O2/c1-14-5-2-3-6-19(14)20-7-4-8-25(20)22(28)15-9-21(27)26(13-15)18-11-16(23)10-17(24)12-18/h2-3,5-6,10-12,15,20H,4,7-9,13H2,1H3/t15-,20-/m1/s1. The zero-order valence-electron chi connectivity index (χ0n) is 15.7. The number of hydrogen-bond acceptors (Lipinski definition) is 2. The highest BCUT2D eigenvalue weighted by Gasteiger charge is 2.41. The number of benzene rings is 2. The Morgan fingerprint density at radius 1 is 1.11 bits per heavy atom. The lowest BCUT2D eigenvalue weighted by Crippen LogP contribution is -2.37. The van der Waals surface area contributed by atoms with Crippen LogP contribution in [0.1, 0.15) is 36.4 Å². The first kappa shape index (κ1) is 18.6. The second-order valence-electron chi connectivity index (χ2n) is 7.58. The SMILES string of the molecule is Cc1ccccc1[C@H]1CCCN1C(=O)[C@@H]1CC(=O)N(c2cc(F)cc(F)c2)C1. The Balaban J connectivity index is 1.54. The van der Waals surface area contributed by atoms with Gasteiger partial charge in [0.25, 0.3) is 0 Å². The van der Waals surface area contributed by atoms with Crippen molar-refractivity contribution in [2.75, 3.05) is 18.0 Å². The highest BCUT2D eigenvalue weighted by atomic mass is 19.1. The molecule has 2 aliphatic rings. The molecule has 0 aliphatic carbocycles. The first-order valence-corrected chi connectivity index (χ1v) is 9.56. The molecule has 0 saturated carbocycles. The van der Waals surface area contributed by atoms with E-state index < -0.39 is 17.6 Å². The van der Waals surface area contributed by atoms with Gasteiger partial charge in [0.2, 0.25) is 11.8 Å². The van der Waals surface area contributed by atoms with E-state index in [0.29, 0.717) is 6.54 Å². The molecule has 0 bridgehead atoms. The summed E-state index contributed by atoms with van der Waals surface area (Å²) in [5.74, 6) is -2.31. The molecule has 28 heavy (non-hydrogen) atoms. The molecular formula is C22H22F2N2O2. The molecule has 146 valence electrons. The van der Waals surface area contributed by atoms with Gasteiger partial charge in [-0.25, -0.2) is 8.78 Å². The fraction of sp³-hybridized carbons (Fsp3) is 0.364. The molecule has 2 aromatic carbocycles. The molecule has 4 rings (SSSR count). The van der Waals surface area contributed by atoms with Crippen molar-refractivity contribution >= 4 is 17.5 Å². The summed E-state index contributed by atoms with van der Waals surface area (Å²) in [6.07, 6.45) is 1.88. The van der Waals surface area contributed by atoms with Gasteiger partial charge in [0.15, 0.2) is 0 Å². The number of likely N-dealkylation sites (tertiary alicyclic amines) is 1. The minimum absolute atomic E-state index is 0.0180. The van der Waals surface area contributed by atoms with Crippen LogP contribution in [0.3, 0.4) is 0 Å². The summed E-state index contributed by atoms with van der Waals surface area (Å²) in [4.78, 5) is 28.8. The normalized spacial score (nSPS) is 22.2. The number of amides is 2. The Hall–Kier alpha value is -2.76. The van der Waals surface area contributed by atoms with Gasteiger partial charge in [-0.05, 0) is 43.0 Å². The first-order valence-electron chi connectivity index (χ1n) is 9.56. The Morgan fingerprint density at radius 2 is 1.82 bits per heavy atom. The number of halogens is 2. The third-order valence-electron chi connectivity index (χ3n) is 5.72. The van der Waals surface area contributed by atoms with Crippen molar-refractivity contribution in [1.82, 2.24) is 4.90 Å². The molecule has 2 fully saturated rings. The maximum absolute atomic E-state index is 13.5. The molecular weight excluding hydrogens is 362 g/mol. The fourth-order valence-corrected chi connectivity index (χ4v) is 4.37. The highest BCUT2D eigenvalue weighted by molar-refractivity contribution is 6.00. The molecule has 0 aromatic heterocycles. The number of hydrogen-bond donors (Lipinski definition) is 0. The van der Waals surface area contributed by atoms with Gasteiger partial charge in [-0.3, -0.25) is 9.59 Å². The first-order chi connectivity index (χ1) is 13.4. The Kier molecular flexibility index (Phi) is 4.87. The molecule has 0 unspecified atom stereocenters. The van der Waals surface area contributed by atoms with E-state index in [-0.39, 0.29) is 36.5 Å². The number of carbonyl (C=O) groups excluding carboxylic acids is 2. The molecule has 2 aliphatic heterocycles. The van der Waals surface area contributed by atoms with Gasteiger partial charge in [-0.2, -0.15) is 0 Å². The molecule has 2 heterocycles. The van der Waals surface area contributed by atoms with E-state index in [1.54, 1.807) is 0 Å². The Bertz CT molecular complexity index is 910. The van der Waals surface area contributed by atoms with Crippen LogP contribution in [-0.2, 0) is 9.59 Å². The number of aryl methyl sites for hydroxylation is 1. The van der Waals surface area contributed by atoms with E-state index in [2.05, 4.69) is 0 Å². The number of rotatable bonds is 3. The van der Waals surface area contributed by atoms with Crippen molar-refractivity contribution in [3.05, 3.63) is 65.2 Å². The minimum atomic E-state index is -0.739. The van der Waals surface area contributed by atoms with Crippen LogP contribution in [0.2, 0.25) is 0 Å². The molecule has 4 nitrogen and oxygen atoms in total. The smallest absolute Gasteiger partial charge is 0.228 e. The van der Waals surface area contributed by atoms with E-state index in [4.69, 9.17) is 0 Å². The van der Waals surface area contributed by atoms with Crippen molar-refractivity contribution in [3.63, 3.8) is 0 Å². The monoisotopic (exact) mass is 384 g/mol. The van der Waals surface area contributed by atoms with Gasteiger partial charge >= 0.3 is 0 Å². The van der Waals surface area contributed by atoms with Crippen LogP contribution in [0, 0.1) is 24.5 Å². The summed E-state index contributed by atoms with van der Waals surface area (Å²) in [5, 5.41) is 0. The zero-order valence-corrected chi connectivity index (χ0v) is 15.7. The van der Waals surface area contributed by atoms with E-state index in [9.17, 15) is 18.4 Å². The van der Waals surface area contributed by atoms with Crippen molar-refractivity contribution in [3.8, 4) is 0 Å². The molecule has 0 N–H and O–H groups in total. The van der Waals surface area contributed by atoms with Gasteiger partial charge in [0.05, 0.1) is 12.0 Å². The lowest BCUT2D eigenvalue weighted by atomic mass is 9.98. The van der Waals surface area contributed by atoms with Crippen molar-refractivity contribution in [1.29, 1.82) is 0 Å². The average Bonchev–Trinajstić information content (AvgIpc) is 3.27. The van der Waals surface area contributed by atoms with Gasteiger partial charge in [0.1, 0.15) is 11.6 Å². The molecule has 0 spiro atoms. The van der Waals surface area contributed by atoms with Gasteiger partial charge in [-0.15, -0.1) is 0 Å². The topological polar surface area (TPSA) is 40.6 Å². The predicted octanol–water partition coefficient (Wildman–Crippen LogP) is 3.99. The number of carbonyl (C=O) groups is 2. The molecule has 2 aromatic rings. The molecule has 2 amide bonds. The molecule has 2 atom stereocenters. The van der Waals surface area contributed by atoms with Crippen LogP contribution >= 0.6 is 0 Å². The summed E-state index contributed by atoms with van der Waals surface area (Å²) >= 11 is 0. The van der Waals surface area contributed by atoms with Crippen LogP contribution < -0.4 is 4.90 Å². The second-order valence-corrected chi connectivity index (χ2v) is 7.58. The molecule has 6 heteroatoms. The van der Waals surface area contributed by atoms with Crippen LogP contribution in [0.15, 0.2) is 42.5 Å². The lowest BCUT2D eigenvalue weighted by molar-refractivity contribution is -0.136. The highest BCUT2D eigenvalue weighted by Crippen LogP contribution is 2.36. The van der Waals surface area contributed by atoms with E-state index in [0.717, 1.165) is 42.2 Å². The number of nitrogens with zero attached hydrogens (tertiary/aromatic N) is 2. The summed E-state index contributed by atoms with van der Waals surface area (Å²) in [6.45, 7) is 2.85. The summed E-state index contributed by atoms with van der Waals surface area (Å²) in [7, 11) is 0. The van der Waals surface area contributed by atoms with Crippen molar-refractivity contribution in [2.45, 2.75) is 32.2 Å². The van der Waals surface area contributed by atoms with Gasteiger partial charge < -0.3 is 9.80 Å².